The molecule has 0 fully saturated rings. The van der Waals surface area contributed by atoms with Crippen molar-refractivity contribution in [2.75, 3.05) is 5.32 Å². The molecule has 0 aliphatic rings. The molecule has 0 aliphatic carbocycles. The van der Waals surface area contributed by atoms with E-state index in [1.54, 1.807) is 24.5 Å². The Balaban J connectivity index is 1.23. The first-order valence-corrected chi connectivity index (χ1v) is 10.8. The number of aryl methyl sites for hydroxylation is 1. The van der Waals surface area contributed by atoms with Gasteiger partial charge in [0.25, 0.3) is 5.91 Å². The maximum atomic E-state index is 12.8. The summed E-state index contributed by atoms with van der Waals surface area (Å²) in [6, 6.07) is 13.2. The second-order valence-electron chi connectivity index (χ2n) is 7.89. The lowest BCUT2D eigenvalue weighted by Crippen LogP contribution is -2.23. The fourth-order valence-electron chi connectivity index (χ4n) is 3.65. The summed E-state index contributed by atoms with van der Waals surface area (Å²) in [6.07, 6.45) is 6.90. The van der Waals surface area contributed by atoms with E-state index in [2.05, 4.69) is 35.8 Å². The number of carbonyl (C=O) groups excluding carboxylic acids is 1. The molecule has 10 nitrogen and oxygen atoms in total. The van der Waals surface area contributed by atoms with Gasteiger partial charge in [0, 0.05) is 30.7 Å². The van der Waals surface area contributed by atoms with Crippen molar-refractivity contribution in [3.8, 4) is 11.5 Å². The Hall–Kier alpha value is -4.60. The number of anilines is 1. The highest BCUT2D eigenvalue weighted by Crippen LogP contribution is 2.16. The number of aromatic nitrogens is 7. The Labute approximate surface area is 195 Å². The molecule has 4 aromatic heterocycles. The van der Waals surface area contributed by atoms with Gasteiger partial charge in [-0.15, -0.1) is 10.2 Å². The Kier molecular flexibility index (Phi) is 5.69. The third kappa shape index (κ3) is 4.33. The highest BCUT2D eigenvalue weighted by Gasteiger charge is 2.12. The molecule has 0 radical (unpaired) electrons. The van der Waals surface area contributed by atoms with Gasteiger partial charge < -0.3 is 19.6 Å². The van der Waals surface area contributed by atoms with Crippen LogP contribution in [0.4, 0.5) is 5.69 Å². The molecule has 34 heavy (non-hydrogen) atoms. The Morgan fingerprint density at radius 1 is 1.06 bits per heavy atom. The average Bonchev–Trinajstić information content (AvgIpc) is 3.44. The summed E-state index contributed by atoms with van der Waals surface area (Å²) >= 11 is 0. The van der Waals surface area contributed by atoms with Crippen LogP contribution in [0.15, 0.2) is 67.4 Å². The number of pyridine rings is 1. The van der Waals surface area contributed by atoms with Crippen molar-refractivity contribution in [1.82, 2.24) is 39.4 Å². The summed E-state index contributed by atoms with van der Waals surface area (Å²) in [5.74, 6) is 1.25. The van der Waals surface area contributed by atoms with Gasteiger partial charge in [0.05, 0.1) is 25.0 Å². The molecule has 0 saturated heterocycles. The van der Waals surface area contributed by atoms with E-state index in [4.69, 9.17) is 0 Å². The number of hydrogen-bond donors (Lipinski definition) is 2. The van der Waals surface area contributed by atoms with Gasteiger partial charge in [-0.3, -0.25) is 4.79 Å². The molecule has 0 bridgehead atoms. The van der Waals surface area contributed by atoms with Gasteiger partial charge in [-0.05, 0) is 48.9 Å². The summed E-state index contributed by atoms with van der Waals surface area (Å²) in [4.78, 5) is 25.3. The number of imidazole rings is 1. The molecule has 1 aromatic carbocycles. The molecule has 0 atom stereocenters. The summed E-state index contributed by atoms with van der Waals surface area (Å²) in [5.41, 5.74) is 5.00. The van der Waals surface area contributed by atoms with E-state index in [1.807, 2.05) is 59.5 Å². The van der Waals surface area contributed by atoms with Crippen LogP contribution < -0.4 is 10.6 Å². The van der Waals surface area contributed by atoms with E-state index < -0.39 is 0 Å². The Morgan fingerprint density at radius 2 is 1.97 bits per heavy atom. The van der Waals surface area contributed by atoms with Crippen molar-refractivity contribution in [3.05, 3.63) is 90.0 Å². The van der Waals surface area contributed by atoms with Crippen LogP contribution in [0, 0.1) is 6.92 Å². The largest absolute Gasteiger partial charge is 0.378 e. The van der Waals surface area contributed by atoms with Crippen LogP contribution in [-0.4, -0.2) is 40.0 Å². The topological polar surface area (TPSA) is 115 Å². The van der Waals surface area contributed by atoms with Gasteiger partial charge in [-0.25, -0.2) is 15.0 Å². The van der Waals surface area contributed by atoms with Crippen LogP contribution in [0.3, 0.4) is 0 Å². The summed E-state index contributed by atoms with van der Waals surface area (Å²) in [6.45, 7) is 2.85. The smallest absolute Gasteiger partial charge is 0.251 e. The number of fused-ring (bicyclic) bond motifs is 1. The van der Waals surface area contributed by atoms with Gasteiger partial charge in [-0.1, -0.05) is 6.07 Å². The zero-order valence-electron chi connectivity index (χ0n) is 18.8. The van der Waals surface area contributed by atoms with Crippen LogP contribution in [0.25, 0.3) is 17.2 Å². The van der Waals surface area contributed by atoms with Crippen molar-refractivity contribution in [1.29, 1.82) is 0 Å². The Bertz CT molecular complexity index is 1460. The van der Waals surface area contributed by atoms with E-state index in [-0.39, 0.29) is 5.91 Å². The van der Waals surface area contributed by atoms with Crippen LogP contribution >= 0.6 is 0 Å². The van der Waals surface area contributed by atoms with Gasteiger partial charge >= 0.3 is 0 Å². The average molecular weight is 454 g/mol. The fourth-order valence-corrected chi connectivity index (χ4v) is 3.65. The number of amides is 1. The van der Waals surface area contributed by atoms with E-state index in [1.165, 1.54) is 6.33 Å². The third-order valence-electron chi connectivity index (χ3n) is 5.53. The highest BCUT2D eigenvalue weighted by atomic mass is 16.1. The summed E-state index contributed by atoms with van der Waals surface area (Å²) < 4.78 is 3.85. The normalized spacial score (nSPS) is 11.0. The maximum Gasteiger partial charge on any atom is 0.251 e. The summed E-state index contributed by atoms with van der Waals surface area (Å²) in [5, 5.41) is 14.8. The molecule has 10 heteroatoms. The number of benzene rings is 1. The molecule has 5 rings (SSSR count). The van der Waals surface area contributed by atoms with Crippen LogP contribution in [0.1, 0.15) is 27.4 Å². The zero-order valence-corrected chi connectivity index (χ0v) is 18.8. The highest BCUT2D eigenvalue weighted by molar-refractivity contribution is 5.95. The van der Waals surface area contributed by atoms with Crippen LogP contribution in [0.5, 0.6) is 0 Å². The van der Waals surface area contributed by atoms with Crippen molar-refractivity contribution < 1.29 is 4.79 Å². The van der Waals surface area contributed by atoms with Crippen molar-refractivity contribution in [2.45, 2.75) is 20.0 Å². The summed E-state index contributed by atoms with van der Waals surface area (Å²) in [7, 11) is 1.89. The number of hydrogen-bond acceptors (Lipinski definition) is 7. The molecule has 0 aliphatic heterocycles. The molecular formula is C24H23N9O. The minimum atomic E-state index is -0.157. The van der Waals surface area contributed by atoms with Crippen LogP contribution in [0.2, 0.25) is 0 Å². The minimum Gasteiger partial charge on any atom is -0.378 e. The lowest BCUT2D eigenvalue weighted by molar-refractivity contribution is 0.0950. The molecular weight excluding hydrogens is 430 g/mol. The molecule has 4 heterocycles. The second-order valence-corrected chi connectivity index (χ2v) is 7.89. The molecule has 0 spiro atoms. The van der Waals surface area contributed by atoms with Crippen molar-refractivity contribution >= 4 is 17.2 Å². The lowest BCUT2D eigenvalue weighted by Gasteiger charge is -2.09. The minimum absolute atomic E-state index is 0.157. The van der Waals surface area contributed by atoms with Crippen LogP contribution in [-0.2, 0) is 20.1 Å². The predicted molar refractivity (Wildman–Crippen MR) is 127 cm³/mol. The van der Waals surface area contributed by atoms with E-state index in [9.17, 15) is 4.79 Å². The van der Waals surface area contributed by atoms with Gasteiger partial charge in [0.2, 0.25) is 0 Å². The fraction of sp³-hybridized carbons (Fsp3) is 0.167. The predicted octanol–water partition coefficient (Wildman–Crippen LogP) is 2.77. The van der Waals surface area contributed by atoms with Gasteiger partial charge in [-0.2, -0.15) is 0 Å². The van der Waals surface area contributed by atoms with Crippen molar-refractivity contribution in [3.63, 3.8) is 0 Å². The lowest BCUT2D eigenvalue weighted by atomic mass is 10.2. The number of nitrogens with zero attached hydrogens (tertiary/aromatic N) is 7. The monoisotopic (exact) mass is 453 g/mol. The molecule has 2 N–H and O–H groups in total. The first-order valence-electron chi connectivity index (χ1n) is 10.8. The third-order valence-corrected chi connectivity index (χ3v) is 5.53. The standard InChI is InChI=1S/C24H23N9O/c1-16-7-9-33-19(12-27-21(33)10-16)13-28-24(34)17-4-3-5-18(11-17)26-14-22-30-31-23(32(22)2)20-6-8-25-15-29-20/h3-12,15,26H,13-14H2,1-2H3,(H,28,34). The quantitative estimate of drug-likeness (QED) is 0.389. The number of rotatable bonds is 7. The van der Waals surface area contributed by atoms with E-state index >= 15 is 0 Å². The second kappa shape index (κ2) is 9.10. The van der Waals surface area contributed by atoms with Gasteiger partial charge in [0.15, 0.2) is 11.6 Å². The zero-order chi connectivity index (χ0) is 23.5. The number of nitrogens with one attached hydrogen (secondary N) is 2. The number of carbonyl (C=O) groups is 1. The maximum absolute atomic E-state index is 12.8. The van der Waals surface area contributed by atoms with Gasteiger partial charge in [0.1, 0.15) is 17.7 Å². The Morgan fingerprint density at radius 3 is 2.82 bits per heavy atom. The SMILES string of the molecule is Cc1ccn2c(CNC(=O)c3cccc(NCc4nnc(-c5ccncn5)n4C)c3)cnc2c1. The molecule has 5 aromatic rings. The first kappa shape index (κ1) is 21.3. The van der Waals surface area contributed by atoms with E-state index in [0.29, 0.717) is 30.2 Å². The van der Waals surface area contributed by atoms with Crippen molar-refractivity contribution in [2.24, 2.45) is 7.05 Å². The molecule has 0 unspecified atom stereocenters. The molecule has 1 amide bonds. The van der Waals surface area contributed by atoms with E-state index in [0.717, 1.165) is 28.4 Å². The first-order chi connectivity index (χ1) is 16.6. The molecule has 170 valence electrons. The molecule has 0 saturated carbocycles.